The molecular formula is C16H14N2O2S. The van der Waals surface area contributed by atoms with Gasteiger partial charge in [-0.05, 0) is 48.2 Å². The molecule has 21 heavy (non-hydrogen) atoms. The van der Waals surface area contributed by atoms with Crippen LogP contribution in [0.1, 0.15) is 15.9 Å². The van der Waals surface area contributed by atoms with Crippen molar-refractivity contribution in [1.82, 2.24) is 9.78 Å². The molecule has 5 heteroatoms. The largest absolute Gasteiger partial charge is 0.497 e. The predicted molar refractivity (Wildman–Crippen MR) is 83.6 cm³/mol. The lowest BCUT2D eigenvalue weighted by atomic mass is 10.2. The van der Waals surface area contributed by atoms with E-state index in [-0.39, 0.29) is 0 Å². The van der Waals surface area contributed by atoms with E-state index in [9.17, 15) is 4.79 Å². The Balaban J connectivity index is 2.06. The van der Waals surface area contributed by atoms with Gasteiger partial charge in [0.1, 0.15) is 11.4 Å². The third kappa shape index (κ3) is 2.48. The average Bonchev–Trinajstić information content (AvgIpc) is 3.13. The van der Waals surface area contributed by atoms with Gasteiger partial charge < -0.3 is 4.74 Å². The van der Waals surface area contributed by atoms with E-state index < -0.39 is 0 Å². The first-order valence-corrected chi connectivity index (χ1v) is 7.34. The molecule has 0 atom stereocenters. The second-order valence-corrected chi connectivity index (χ2v) is 5.54. The molecular weight excluding hydrogens is 284 g/mol. The van der Waals surface area contributed by atoms with E-state index in [0.717, 1.165) is 33.9 Å². The average molecular weight is 298 g/mol. The molecule has 0 fully saturated rings. The molecule has 0 saturated carbocycles. The summed E-state index contributed by atoms with van der Waals surface area (Å²) >= 11 is 1.59. The zero-order valence-corrected chi connectivity index (χ0v) is 12.6. The van der Waals surface area contributed by atoms with Crippen LogP contribution in [0.4, 0.5) is 0 Å². The van der Waals surface area contributed by atoms with E-state index in [1.165, 1.54) is 0 Å². The number of hydrogen-bond donors (Lipinski definition) is 0. The Hall–Kier alpha value is -2.40. The van der Waals surface area contributed by atoms with Crippen LogP contribution in [0.5, 0.6) is 5.75 Å². The van der Waals surface area contributed by atoms with Crippen LogP contribution in [0.15, 0.2) is 41.9 Å². The molecule has 0 saturated heterocycles. The molecule has 0 aliphatic heterocycles. The quantitative estimate of drug-likeness (QED) is 0.689. The van der Waals surface area contributed by atoms with Crippen molar-refractivity contribution >= 4 is 17.6 Å². The molecule has 1 aromatic carbocycles. The first-order chi connectivity index (χ1) is 10.2. The summed E-state index contributed by atoms with van der Waals surface area (Å²) in [6, 6.07) is 9.58. The van der Waals surface area contributed by atoms with E-state index in [0.29, 0.717) is 5.56 Å². The van der Waals surface area contributed by atoms with Crippen LogP contribution in [0.2, 0.25) is 0 Å². The van der Waals surface area contributed by atoms with Crippen LogP contribution in [0, 0.1) is 6.92 Å². The summed E-state index contributed by atoms with van der Waals surface area (Å²) in [5.41, 5.74) is 3.34. The molecule has 2 aromatic heterocycles. The van der Waals surface area contributed by atoms with E-state index in [1.807, 2.05) is 42.6 Å². The minimum absolute atomic E-state index is 0.594. The molecule has 0 aliphatic rings. The normalized spacial score (nSPS) is 10.6. The Kier molecular flexibility index (Phi) is 3.58. The van der Waals surface area contributed by atoms with E-state index in [4.69, 9.17) is 4.74 Å². The van der Waals surface area contributed by atoms with Crippen molar-refractivity contribution in [2.75, 3.05) is 7.11 Å². The SMILES string of the molecule is COc1ccc(-n2cc(C=O)c(-c3sccc3C)n2)cc1. The summed E-state index contributed by atoms with van der Waals surface area (Å²) in [6.45, 7) is 2.02. The van der Waals surface area contributed by atoms with Gasteiger partial charge in [-0.1, -0.05) is 0 Å². The van der Waals surface area contributed by atoms with Gasteiger partial charge in [0.15, 0.2) is 6.29 Å². The van der Waals surface area contributed by atoms with Gasteiger partial charge in [-0.25, -0.2) is 4.68 Å². The number of nitrogens with zero attached hydrogens (tertiary/aromatic N) is 2. The maximum absolute atomic E-state index is 11.3. The standard InChI is InChI=1S/C16H14N2O2S/c1-11-7-8-21-16(11)15-12(10-19)9-18(17-15)13-3-5-14(20-2)6-4-13/h3-10H,1-2H3. The number of aromatic nitrogens is 2. The monoisotopic (exact) mass is 298 g/mol. The van der Waals surface area contributed by atoms with Gasteiger partial charge in [-0.2, -0.15) is 5.10 Å². The molecule has 0 amide bonds. The van der Waals surface area contributed by atoms with Crippen LogP contribution in [-0.4, -0.2) is 23.2 Å². The Labute approximate surface area is 126 Å². The molecule has 0 aliphatic carbocycles. The van der Waals surface area contributed by atoms with Crippen molar-refractivity contribution in [3.05, 3.63) is 53.0 Å². The zero-order chi connectivity index (χ0) is 14.8. The summed E-state index contributed by atoms with van der Waals surface area (Å²) in [4.78, 5) is 12.3. The minimum Gasteiger partial charge on any atom is -0.497 e. The van der Waals surface area contributed by atoms with Gasteiger partial charge in [0.05, 0.1) is 23.2 Å². The lowest BCUT2D eigenvalue weighted by Crippen LogP contribution is -1.94. The third-order valence-electron chi connectivity index (χ3n) is 3.28. The number of carbonyl (C=O) groups excluding carboxylic acids is 1. The number of thiophene rings is 1. The molecule has 4 nitrogen and oxygen atoms in total. The molecule has 2 heterocycles. The number of benzene rings is 1. The molecule has 3 rings (SSSR count). The molecule has 3 aromatic rings. The van der Waals surface area contributed by atoms with E-state index >= 15 is 0 Å². The number of hydrogen-bond acceptors (Lipinski definition) is 4. The van der Waals surface area contributed by atoms with Crippen LogP contribution in [0.3, 0.4) is 0 Å². The highest BCUT2D eigenvalue weighted by Gasteiger charge is 2.14. The predicted octanol–water partition coefficient (Wildman–Crippen LogP) is 3.73. The summed E-state index contributed by atoms with van der Waals surface area (Å²) in [5.74, 6) is 0.788. The second-order valence-electron chi connectivity index (χ2n) is 4.63. The number of aldehydes is 1. The minimum atomic E-state index is 0.594. The van der Waals surface area contributed by atoms with Crippen LogP contribution >= 0.6 is 11.3 Å². The van der Waals surface area contributed by atoms with Crippen molar-refractivity contribution in [3.8, 4) is 22.0 Å². The fourth-order valence-electron chi connectivity index (χ4n) is 2.13. The summed E-state index contributed by atoms with van der Waals surface area (Å²) in [5, 5.41) is 6.57. The molecule has 0 unspecified atom stereocenters. The van der Waals surface area contributed by atoms with Crippen molar-refractivity contribution in [2.24, 2.45) is 0 Å². The number of carbonyl (C=O) groups is 1. The molecule has 0 radical (unpaired) electrons. The number of aryl methyl sites for hydroxylation is 1. The van der Waals surface area contributed by atoms with Crippen molar-refractivity contribution < 1.29 is 9.53 Å². The fraction of sp³-hybridized carbons (Fsp3) is 0.125. The zero-order valence-electron chi connectivity index (χ0n) is 11.7. The Morgan fingerprint density at radius 3 is 2.57 bits per heavy atom. The third-order valence-corrected chi connectivity index (χ3v) is 4.31. The van der Waals surface area contributed by atoms with Gasteiger partial charge in [0.2, 0.25) is 0 Å². The second kappa shape index (κ2) is 5.54. The number of ether oxygens (including phenoxy) is 1. The number of methoxy groups -OCH3 is 1. The van der Waals surface area contributed by atoms with Crippen molar-refractivity contribution in [2.45, 2.75) is 6.92 Å². The molecule has 0 N–H and O–H groups in total. The topological polar surface area (TPSA) is 44.1 Å². The van der Waals surface area contributed by atoms with Crippen LogP contribution in [0.25, 0.3) is 16.3 Å². The Morgan fingerprint density at radius 1 is 1.24 bits per heavy atom. The number of rotatable bonds is 4. The van der Waals surface area contributed by atoms with Crippen LogP contribution < -0.4 is 4.74 Å². The molecule has 0 spiro atoms. The first-order valence-electron chi connectivity index (χ1n) is 6.46. The highest BCUT2D eigenvalue weighted by atomic mass is 32.1. The lowest BCUT2D eigenvalue weighted by Gasteiger charge is -2.03. The first kappa shape index (κ1) is 13.6. The Morgan fingerprint density at radius 2 is 2.00 bits per heavy atom. The van der Waals surface area contributed by atoms with Crippen molar-refractivity contribution in [3.63, 3.8) is 0 Å². The fourth-order valence-corrected chi connectivity index (χ4v) is 3.07. The lowest BCUT2D eigenvalue weighted by molar-refractivity contribution is 0.112. The van der Waals surface area contributed by atoms with E-state index in [2.05, 4.69) is 5.10 Å². The van der Waals surface area contributed by atoms with Gasteiger partial charge in [0, 0.05) is 6.20 Å². The highest BCUT2D eigenvalue weighted by Crippen LogP contribution is 2.30. The summed E-state index contributed by atoms with van der Waals surface area (Å²) in [6.07, 6.45) is 2.60. The maximum atomic E-state index is 11.3. The van der Waals surface area contributed by atoms with Crippen LogP contribution in [-0.2, 0) is 0 Å². The summed E-state index contributed by atoms with van der Waals surface area (Å²) < 4.78 is 6.87. The summed E-state index contributed by atoms with van der Waals surface area (Å²) in [7, 11) is 1.63. The van der Waals surface area contributed by atoms with Crippen molar-refractivity contribution in [1.29, 1.82) is 0 Å². The smallest absolute Gasteiger partial charge is 0.153 e. The van der Waals surface area contributed by atoms with Gasteiger partial charge in [-0.3, -0.25) is 4.79 Å². The Bertz CT molecular complexity index is 772. The highest BCUT2D eigenvalue weighted by molar-refractivity contribution is 7.13. The maximum Gasteiger partial charge on any atom is 0.153 e. The molecule has 0 bridgehead atoms. The van der Waals surface area contributed by atoms with Gasteiger partial charge in [0.25, 0.3) is 0 Å². The van der Waals surface area contributed by atoms with Gasteiger partial charge >= 0.3 is 0 Å². The van der Waals surface area contributed by atoms with E-state index in [1.54, 1.807) is 29.3 Å². The van der Waals surface area contributed by atoms with Gasteiger partial charge in [-0.15, -0.1) is 11.3 Å². The molecule has 106 valence electrons.